The van der Waals surface area contributed by atoms with Crippen LogP contribution >= 0.6 is 23.7 Å². The van der Waals surface area contributed by atoms with Crippen molar-refractivity contribution in [2.24, 2.45) is 5.73 Å². The molecule has 2 heterocycles. The number of rotatable bonds is 2. The number of amides is 2. The van der Waals surface area contributed by atoms with Crippen LogP contribution in [0.3, 0.4) is 0 Å². The summed E-state index contributed by atoms with van der Waals surface area (Å²) in [6, 6.07) is 2.63. The fourth-order valence-corrected chi connectivity index (χ4v) is 2.73. The SMILES string of the molecule is C[C@H](N)C(=O)N1CCNC(=O)C1c1cccs1.Cl. The third-order valence-corrected chi connectivity index (χ3v) is 3.62. The van der Waals surface area contributed by atoms with Gasteiger partial charge in [0.25, 0.3) is 0 Å². The van der Waals surface area contributed by atoms with E-state index in [2.05, 4.69) is 5.32 Å². The number of hydrogen-bond donors (Lipinski definition) is 2. The highest BCUT2D eigenvalue weighted by Gasteiger charge is 2.35. The molecule has 0 saturated carbocycles. The van der Waals surface area contributed by atoms with Crippen LogP contribution in [-0.4, -0.2) is 35.8 Å². The van der Waals surface area contributed by atoms with Crippen molar-refractivity contribution in [2.75, 3.05) is 13.1 Å². The minimum atomic E-state index is -0.580. The minimum Gasteiger partial charge on any atom is -0.352 e. The highest BCUT2D eigenvalue weighted by atomic mass is 35.5. The predicted molar refractivity (Wildman–Crippen MR) is 72.7 cm³/mol. The number of piperazine rings is 1. The molecule has 5 nitrogen and oxygen atoms in total. The van der Waals surface area contributed by atoms with Gasteiger partial charge in [0.1, 0.15) is 6.04 Å². The molecule has 3 N–H and O–H groups in total. The fourth-order valence-electron chi connectivity index (χ4n) is 1.90. The molecule has 1 aromatic heterocycles. The Balaban J connectivity index is 0.00000162. The molecule has 2 amide bonds. The number of hydrogen-bond acceptors (Lipinski definition) is 4. The Labute approximate surface area is 116 Å². The van der Waals surface area contributed by atoms with Crippen LogP contribution in [0.25, 0.3) is 0 Å². The topological polar surface area (TPSA) is 75.4 Å². The van der Waals surface area contributed by atoms with Gasteiger partial charge < -0.3 is 16.0 Å². The van der Waals surface area contributed by atoms with E-state index in [-0.39, 0.29) is 24.2 Å². The summed E-state index contributed by atoms with van der Waals surface area (Å²) in [5, 5.41) is 4.67. The monoisotopic (exact) mass is 289 g/mol. The average molecular weight is 290 g/mol. The van der Waals surface area contributed by atoms with Crippen LogP contribution in [0.1, 0.15) is 17.8 Å². The number of halogens is 1. The number of nitrogens with zero attached hydrogens (tertiary/aromatic N) is 1. The lowest BCUT2D eigenvalue weighted by molar-refractivity contribution is -0.144. The second-order valence-corrected chi connectivity index (χ2v) is 5.01. The molecule has 1 aliphatic rings. The average Bonchev–Trinajstić information content (AvgIpc) is 2.80. The van der Waals surface area contributed by atoms with Gasteiger partial charge in [-0.2, -0.15) is 0 Å². The molecule has 1 aliphatic heterocycles. The molecule has 0 aromatic carbocycles. The van der Waals surface area contributed by atoms with Crippen LogP contribution in [-0.2, 0) is 9.59 Å². The summed E-state index contributed by atoms with van der Waals surface area (Å²) in [6.45, 7) is 2.63. The van der Waals surface area contributed by atoms with Crippen LogP contribution < -0.4 is 11.1 Å². The molecule has 1 fully saturated rings. The molecular formula is C11H16ClN3O2S. The van der Waals surface area contributed by atoms with Gasteiger partial charge in [0, 0.05) is 18.0 Å². The van der Waals surface area contributed by atoms with Gasteiger partial charge in [0.15, 0.2) is 0 Å². The van der Waals surface area contributed by atoms with Gasteiger partial charge >= 0.3 is 0 Å². The van der Waals surface area contributed by atoms with E-state index in [4.69, 9.17) is 5.73 Å². The molecule has 0 aliphatic carbocycles. The molecule has 0 radical (unpaired) electrons. The summed E-state index contributed by atoms with van der Waals surface area (Å²) in [7, 11) is 0. The van der Waals surface area contributed by atoms with Crippen molar-refractivity contribution in [1.29, 1.82) is 0 Å². The van der Waals surface area contributed by atoms with Crippen molar-refractivity contribution < 1.29 is 9.59 Å². The largest absolute Gasteiger partial charge is 0.352 e. The first-order chi connectivity index (χ1) is 8.11. The Morgan fingerprint density at radius 1 is 1.67 bits per heavy atom. The molecule has 1 aromatic rings. The summed E-state index contributed by atoms with van der Waals surface area (Å²) in [6.07, 6.45) is 0. The minimum absolute atomic E-state index is 0. The number of nitrogens with two attached hydrogens (primary N) is 1. The molecule has 2 atom stereocenters. The summed E-state index contributed by atoms with van der Waals surface area (Å²) in [4.78, 5) is 26.3. The highest BCUT2D eigenvalue weighted by Crippen LogP contribution is 2.27. The zero-order valence-corrected chi connectivity index (χ0v) is 11.6. The quantitative estimate of drug-likeness (QED) is 0.833. The Kier molecular flexibility index (Phi) is 5.13. The lowest BCUT2D eigenvalue weighted by Crippen LogP contribution is -2.55. The molecule has 2 rings (SSSR count). The Bertz CT molecular complexity index is 422. The maximum absolute atomic E-state index is 12.0. The van der Waals surface area contributed by atoms with E-state index in [1.54, 1.807) is 11.8 Å². The van der Waals surface area contributed by atoms with E-state index < -0.39 is 12.1 Å². The molecule has 1 unspecified atom stereocenters. The normalized spacial score (nSPS) is 20.9. The fraction of sp³-hybridized carbons (Fsp3) is 0.455. The number of carbonyl (C=O) groups is 2. The highest BCUT2D eigenvalue weighted by molar-refractivity contribution is 7.10. The van der Waals surface area contributed by atoms with Crippen molar-refractivity contribution in [3.05, 3.63) is 22.4 Å². The van der Waals surface area contributed by atoms with E-state index in [1.807, 2.05) is 17.5 Å². The molecule has 0 bridgehead atoms. The second-order valence-electron chi connectivity index (χ2n) is 4.03. The second kappa shape index (κ2) is 6.17. The Hall–Kier alpha value is -1.11. The van der Waals surface area contributed by atoms with Crippen LogP contribution in [0.4, 0.5) is 0 Å². The number of thiophene rings is 1. The van der Waals surface area contributed by atoms with Gasteiger partial charge in [-0.05, 0) is 18.4 Å². The molecular weight excluding hydrogens is 274 g/mol. The lowest BCUT2D eigenvalue weighted by Gasteiger charge is -2.35. The summed E-state index contributed by atoms with van der Waals surface area (Å²) < 4.78 is 0. The van der Waals surface area contributed by atoms with Crippen LogP contribution in [0, 0.1) is 0 Å². The zero-order chi connectivity index (χ0) is 12.4. The first kappa shape index (κ1) is 14.9. The maximum Gasteiger partial charge on any atom is 0.248 e. The van der Waals surface area contributed by atoms with Crippen LogP contribution in [0.2, 0.25) is 0 Å². The first-order valence-corrected chi connectivity index (χ1v) is 6.36. The smallest absolute Gasteiger partial charge is 0.248 e. The van der Waals surface area contributed by atoms with Crippen LogP contribution in [0.15, 0.2) is 17.5 Å². The zero-order valence-electron chi connectivity index (χ0n) is 9.96. The Morgan fingerprint density at radius 3 is 2.94 bits per heavy atom. The van der Waals surface area contributed by atoms with E-state index >= 15 is 0 Å². The molecule has 100 valence electrons. The lowest BCUT2D eigenvalue weighted by atomic mass is 10.1. The van der Waals surface area contributed by atoms with Crippen molar-refractivity contribution in [1.82, 2.24) is 10.2 Å². The van der Waals surface area contributed by atoms with Gasteiger partial charge in [-0.1, -0.05) is 6.07 Å². The summed E-state index contributed by atoms with van der Waals surface area (Å²) in [5.74, 6) is -0.314. The van der Waals surface area contributed by atoms with E-state index in [1.165, 1.54) is 11.3 Å². The van der Waals surface area contributed by atoms with Crippen molar-refractivity contribution in [2.45, 2.75) is 19.0 Å². The van der Waals surface area contributed by atoms with E-state index in [0.29, 0.717) is 13.1 Å². The van der Waals surface area contributed by atoms with Crippen molar-refractivity contribution in [3.63, 3.8) is 0 Å². The van der Waals surface area contributed by atoms with Gasteiger partial charge in [0.05, 0.1) is 6.04 Å². The number of nitrogens with one attached hydrogen (secondary N) is 1. The molecule has 7 heteroatoms. The van der Waals surface area contributed by atoms with Crippen molar-refractivity contribution in [3.8, 4) is 0 Å². The van der Waals surface area contributed by atoms with E-state index in [0.717, 1.165) is 4.88 Å². The van der Waals surface area contributed by atoms with Crippen LogP contribution in [0.5, 0.6) is 0 Å². The van der Waals surface area contributed by atoms with E-state index in [9.17, 15) is 9.59 Å². The molecule has 0 spiro atoms. The molecule has 18 heavy (non-hydrogen) atoms. The molecule has 1 saturated heterocycles. The third kappa shape index (κ3) is 2.82. The Morgan fingerprint density at radius 2 is 2.39 bits per heavy atom. The first-order valence-electron chi connectivity index (χ1n) is 5.48. The maximum atomic E-state index is 12.0. The summed E-state index contributed by atoms with van der Waals surface area (Å²) >= 11 is 1.47. The summed E-state index contributed by atoms with van der Waals surface area (Å²) in [5.41, 5.74) is 5.61. The third-order valence-electron chi connectivity index (χ3n) is 2.70. The van der Waals surface area contributed by atoms with Gasteiger partial charge in [0.2, 0.25) is 11.8 Å². The number of carbonyl (C=O) groups excluding carboxylic acids is 2. The van der Waals surface area contributed by atoms with Gasteiger partial charge in [-0.3, -0.25) is 9.59 Å². The predicted octanol–water partition coefficient (Wildman–Crippen LogP) is 0.517. The van der Waals surface area contributed by atoms with Crippen molar-refractivity contribution >= 4 is 35.6 Å². The van der Waals surface area contributed by atoms with Gasteiger partial charge in [-0.15, -0.1) is 23.7 Å². The standard InChI is InChI=1S/C11H15N3O2S.ClH/c1-7(12)11(16)14-5-4-13-10(15)9(14)8-3-2-6-17-8;/h2-3,6-7,9H,4-5,12H2,1H3,(H,13,15);1H/t7-,9?;/m0./s1. The van der Waals surface area contributed by atoms with Gasteiger partial charge in [-0.25, -0.2) is 0 Å².